The molecule has 0 aromatic carbocycles. The van der Waals surface area contributed by atoms with Crippen molar-refractivity contribution in [2.75, 3.05) is 12.3 Å². The van der Waals surface area contributed by atoms with E-state index in [-0.39, 0.29) is 29.6 Å². The van der Waals surface area contributed by atoms with Crippen LogP contribution in [0.4, 0.5) is 14.5 Å². The van der Waals surface area contributed by atoms with Crippen LogP contribution in [0.5, 0.6) is 0 Å². The monoisotopic (exact) mass is 264 g/mol. The molecular weight excluding hydrogens is 254 g/mol. The number of carbonyl (C=O) groups excluding carboxylic acids is 1. The zero-order valence-corrected chi connectivity index (χ0v) is 9.80. The Hall–Kier alpha value is -1.43. The first-order chi connectivity index (χ1) is 7.95. The number of nitrogens with zero attached hydrogens (tertiary/aromatic N) is 1. The number of nitrogen functional groups attached to an aromatic ring is 1. The Balaban J connectivity index is 2.94. The van der Waals surface area contributed by atoms with Crippen molar-refractivity contribution in [1.29, 1.82) is 0 Å². The number of pyridine rings is 1. The van der Waals surface area contributed by atoms with Crippen LogP contribution in [0.1, 0.15) is 24.6 Å². The third-order valence-corrected chi connectivity index (χ3v) is 2.23. The molecule has 0 aliphatic heterocycles. The summed E-state index contributed by atoms with van der Waals surface area (Å²) in [5.41, 5.74) is 4.92. The van der Waals surface area contributed by atoms with Gasteiger partial charge in [-0.15, -0.1) is 0 Å². The molecule has 0 aliphatic carbocycles. The molecule has 94 valence electrons. The Morgan fingerprint density at radius 3 is 2.76 bits per heavy atom. The smallest absolute Gasteiger partial charge is 0.311 e. The van der Waals surface area contributed by atoms with Gasteiger partial charge in [0.2, 0.25) is 0 Å². The van der Waals surface area contributed by atoms with E-state index in [9.17, 15) is 13.6 Å². The Morgan fingerprint density at radius 1 is 1.65 bits per heavy atom. The zero-order valence-electron chi connectivity index (χ0n) is 9.04. The maximum atomic E-state index is 12.5. The Kier molecular flexibility index (Phi) is 4.62. The fourth-order valence-corrected chi connectivity index (χ4v) is 1.56. The molecular formula is C10H11ClF2N2O2. The van der Waals surface area contributed by atoms with E-state index in [4.69, 9.17) is 22.1 Å². The van der Waals surface area contributed by atoms with Crippen LogP contribution < -0.4 is 5.73 Å². The van der Waals surface area contributed by atoms with Crippen LogP contribution in [-0.4, -0.2) is 17.6 Å². The lowest BCUT2D eigenvalue weighted by molar-refractivity contribution is -0.142. The lowest BCUT2D eigenvalue weighted by Crippen LogP contribution is -2.10. The minimum absolute atomic E-state index is 0.152. The summed E-state index contributed by atoms with van der Waals surface area (Å²) in [4.78, 5) is 14.8. The Morgan fingerprint density at radius 2 is 2.29 bits per heavy atom. The van der Waals surface area contributed by atoms with Gasteiger partial charge in [-0.25, -0.2) is 13.8 Å². The van der Waals surface area contributed by atoms with Crippen molar-refractivity contribution in [2.24, 2.45) is 0 Å². The highest BCUT2D eigenvalue weighted by Crippen LogP contribution is 2.31. The molecule has 7 heteroatoms. The van der Waals surface area contributed by atoms with E-state index in [1.54, 1.807) is 6.92 Å². The molecule has 0 radical (unpaired) electrons. The molecule has 0 atom stereocenters. The average Bonchev–Trinajstić information content (AvgIpc) is 2.15. The van der Waals surface area contributed by atoms with Crippen LogP contribution in [0.25, 0.3) is 0 Å². The van der Waals surface area contributed by atoms with E-state index in [2.05, 4.69) is 4.98 Å². The molecule has 0 spiro atoms. The number of hydrogen-bond donors (Lipinski definition) is 1. The average molecular weight is 265 g/mol. The second-order valence-electron chi connectivity index (χ2n) is 3.19. The molecule has 2 N–H and O–H groups in total. The number of rotatable bonds is 4. The van der Waals surface area contributed by atoms with Gasteiger partial charge in [0.25, 0.3) is 6.43 Å². The van der Waals surface area contributed by atoms with Crippen LogP contribution in [-0.2, 0) is 16.0 Å². The maximum absolute atomic E-state index is 12.5. The summed E-state index contributed by atoms with van der Waals surface area (Å²) >= 11 is 5.57. The molecule has 0 saturated heterocycles. The number of halogens is 3. The van der Waals surface area contributed by atoms with Crippen molar-refractivity contribution in [3.8, 4) is 0 Å². The molecule has 17 heavy (non-hydrogen) atoms. The zero-order chi connectivity index (χ0) is 13.0. The van der Waals surface area contributed by atoms with Gasteiger partial charge in [0.05, 0.1) is 24.3 Å². The van der Waals surface area contributed by atoms with E-state index in [0.29, 0.717) is 0 Å². The van der Waals surface area contributed by atoms with E-state index < -0.39 is 18.0 Å². The molecule has 1 aromatic rings. The number of alkyl halides is 2. The summed E-state index contributed by atoms with van der Waals surface area (Å²) in [6.07, 6.45) is -2.95. The highest BCUT2D eigenvalue weighted by atomic mass is 35.5. The number of ether oxygens (including phenoxy) is 1. The fraction of sp³-hybridized carbons (Fsp3) is 0.400. The van der Waals surface area contributed by atoms with Crippen molar-refractivity contribution in [2.45, 2.75) is 19.8 Å². The van der Waals surface area contributed by atoms with Gasteiger partial charge in [0.1, 0.15) is 5.15 Å². The minimum atomic E-state index is -2.80. The number of esters is 1. The first-order valence-electron chi connectivity index (χ1n) is 4.84. The second kappa shape index (κ2) is 5.77. The van der Waals surface area contributed by atoms with Crippen molar-refractivity contribution in [3.63, 3.8) is 0 Å². The highest BCUT2D eigenvalue weighted by molar-refractivity contribution is 6.30. The first kappa shape index (κ1) is 13.6. The van der Waals surface area contributed by atoms with Gasteiger partial charge in [-0.05, 0) is 13.0 Å². The first-order valence-corrected chi connectivity index (χ1v) is 5.22. The summed E-state index contributed by atoms with van der Waals surface area (Å²) in [5.74, 6) is -0.514. The topological polar surface area (TPSA) is 65.2 Å². The van der Waals surface area contributed by atoms with E-state index in [1.165, 1.54) is 6.07 Å². The molecule has 4 nitrogen and oxygen atoms in total. The second-order valence-corrected chi connectivity index (χ2v) is 3.55. The van der Waals surface area contributed by atoms with Gasteiger partial charge >= 0.3 is 5.97 Å². The standard InChI is InChI=1S/C10H11ClF2N2O2/c1-2-17-7(16)4-5-3-6(14)8(10(12)13)9(11)15-5/h3,10H,2,4H2,1H3,(H2,14,15). The Labute approximate surface area is 102 Å². The summed E-state index contributed by atoms with van der Waals surface area (Å²) in [7, 11) is 0. The van der Waals surface area contributed by atoms with Gasteiger partial charge in [-0.3, -0.25) is 4.79 Å². The van der Waals surface area contributed by atoms with Gasteiger partial charge in [-0.2, -0.15) is 0 Å². The number of aromatic nitrogens is 1. The van der Waals surface area contributed by atoms with E-state index in [0.717, 1.165) is 0 Å². The predicted molar refractivity (Wildman–Crippen MR) is 59.0 cm³/mol. The molecule has 0 fully saturated rings. The molecule has 1 rings (SSSR count). The number of nitrogens with two attached hydrogens (primary N) is 1. The number of carbonyl (C=O) groups is 1. The van der Waals surface area contributed by atoms with Gasteiger partial charge in [-0.1, -0.05) is 11.6 Å². The lowest BCUT2D eigenvalue weighted by Gasteiger charge is -2.09. The van der Waals surface area contributed by atoms with Crippen LogP contribution in [0.15, 0.2) is 6.07 Å². The summed E-state index contributed by atoms with van der Waals surface area (Å²) in [6.45, 7) is 1.89. The molecule has 0 unspecified atom stereocenters. The fourth-order valence-electron chi connectivity index (χ4n) is 1.26. The summed E-state index contributed by atoms with van der Waals surface area (Å²) in [5, 5.41) is -0.390. The SMILES string of the molecule is CCOC(=O)Cc1cc(N)c(C(F)F)c(Cl)n1. The minimum Gasteiger partial charge on any atom is -0.466 e. The molecule has 0 aliphatic rings. The molecule has 1 heterocycles. The highest BCUT2D eigenvalue weighted by Gasteiger charge is 2.19. The normalized spacial score (nSPS) is 10.6. The quantitative estimate of drug-likeness (QED) is 0.670. The van der Waals surface area contributed by atoms with E-state index >= 15 is 0 Å². The van der Waals surface area contributed by atoms with Gasteiger partial charge < -0.3 is 10.5 Å². The molecule has 1 aromatic heterocycles. The number of anilines is 1. The molecule has 0 saturated carbocycles. The third-order valence-electron chi connectivity index (χ3n) is 1.95. The van der Waals surface area contributed by atoms with Crippen molar-refractivity contribution >= 4 is 23.3 Å². The summed E-state index contributed by atoms with van der Waals surface area (Å²) in [6, 6.07) is 1.20. The predicted octanol–water partition coefficient (Wildman–Crippen LogP) is 2.36. The number of hydrogen-bond acceptors (Lipinski definition) is 4. The van der Waals surface area contributed by atoms with Crippen LogP contribution >= 0.6 is 11.6 Å². The summed E-state index contributed by atoms with van der Waals surface area (Å²) < 4.78 is 29.7. The van der Waals surface area contributed by atoms with Gasteiger partial charge in [0.15, 0.2) is 0 Å². The van der Waals surface area contributed by atoms with Crippen molar-refractivity contribution in [3.05, 3.63) is 22.5 Å². The van der Waals surface area contributed by atoms with Crippen LogP contribution in [0.3, 0.4) is 0 Å². The largest absolute Gasteiger partial charge is 0.466 e. The maximum Gasteiger partial charge on any atom is 0.311 e. The van der Waals surface area contributed by atoms with E-state index in [1.807, 2.05) is 0 Å². The van der Waals surface area contributed by atoms with Crippen LogP contribution in [0, 0.1) is 0 Å². The van der Waals surface area contributed by atoms with Crippen LogP contribution in [0.2, 0.25) is 5.15 Å². The molecule has 0 bridgehead atoms. The van der Waals surface area contributed by atoms with Crippen molar-refractivity contribution < 1.29 is 18.3 Å². The molecule has 0 amide bonds. The van der Waals surface area contributed by atoms with Crippen molar-refractivity contribution in [1.82, 2.24) is 4.98 Å². The Bertz CT molecular complexity index is 404. The lowest BCUT2D eigenvalue weighted by atomic mass is 10.2. The van der Waals surface area contributed by atoms with Gasteiger partial charge in [0, 0.05) is 5.69 Å². The third kappa shape index (κ3) is 3.52.